The van der Waals surface area contributed by atoms with Crippen LogP contribution in [0.1, 0.15) is 69.0 Å². The first-order chi connectivity index (χ1) is 21.3. The molecule has 3 aliphatic carbocycles. The normalized spacial score (nSPS) is 21.1. The van der Waals surface area contributed by atoms with Gasteiger partial charge in [-0.2, -0.15) is 0 Å². The lowest BCUT2D eigenvalue weighted by Crippen LogP contribution is -2.30. The van der Waals surface area contributed by atoms with E-state index in [0.717, 1.165) is 54.0 Å². The molecule has 3 aliphatic rings. The monoisotopic (exact) mass is 603 g/mol. The van der Waals surface area contributed by atoms with E-state index in [9.17, 15) is 14.4 Å². The number of nitrogens with one attached hydrogen (secondary N) is 3. The highest BCUT2D eigenvalue weighted by molar-refractivity contribution is 5.83. The molecule has 9 heteroatoms. The van der Waals surface area contributed by atoms with Gasteiger partial charge < -0.3 is 30.2 Å². The van der Waals surface area contributed by atoms with E-state index in [4.69, 9.17) is 14.2 Å². The molecular formula is C35H45N3O6. The Hall–Kier alpha value is -4.01. The van der Waals surface area contributed by atoms with E-state index in [1.165, 1.54) is 19.8 Å². The number of benzene rings is 1. The Morgan fingerprint density at radius 2 is 1.77 bits per heavy atom. The molecular weight excluding hydrogens is 558 g/mol. The summed E-state index contributed by atoms with van der Waals surface area (Å²) >= 11 is 0. The van der Waals surface area contributed by atoms with Crippen molar-refractivity contribution in [2.45, 2.75) is 64.3 Å². The second-order valence-corrected chi connectivity index (χ2v) is 12.2. The molecule has 44 heavy (non-hydrogen) atoms. The van der Waals surface area contributed by atoms with Crippen LogP contribution in [-0.4, -0.2) is 46.2 Å². The van der Waals surface area contributed by atoms with Crippen LogP contribution in [0.15, 0.2) is 41.2 Å². The SMILES string of the molecule is COc1cc2c(c(OC)c1OC)-c1ccc(NCCCCCC(=O)NCC3CC4C=CC3C4)c(=O)cc1[C@@H](NC(C)=O)CC2. The van der Waals surface area contributed by atoms with Gasteiger partial charge in [0.15, 0.2) is 11.5 Å². The maximum atomic E-state index is 13.5. The summed E-state index contributed by atoms with van der Waals surface area (Å²) in [5.74, 6) is 3.48. The number of carbonyl (C=O) groups excluding carboxylic acids is 2. The zero-order valence-corrected chi connectivity index (χ0v) is 26.3. The van der Waals surface area contributed by atoms with Gasteiger partial charge >= 0.3 is 0 Å². The number of anilines is 1. The Labute approximate surface area is 259 Å². The lowest BCUT2D eigenvalue weighted by atomic mass is 9.93. The summed E-state index contributed by atoms with van der Waals surface area (Å²) < 4.78 is 17.1. The summed E-state index contributed by atoms with van der Waals surface area (Å²) in [5.41, 5.74) is 3.67. The first kappa shape index (κ1) is 31.4. The second kappa shape index (κ2) is 14.2. The number of methoxy groups -OCH3 is 3. The van der Waals surface area contributed by atoms with E-state index in [-0.39, 0.29) is 23.3 Å². The van der Waals surface area contributed by atoms with E-state index in [1.54, 1.807) is 33.5 Å². The van der Waals surface area contributed by atoms with Gasteiger partial charge in [-0.1, -0.05) is 24.6 Å². The van der Waals surface area contributed by atoms with Gasteiger partial charge in [0.1, 0.15) is 0 Å². The van der Waals surface area contributed by atoms with E-state index in [2.05, 4.69) is 28.1 Å². The lowest BCUT2D eigenvalue weighted by Gasteiger charge is -2.19. The summed E-state index contributed by atoms with van der Waals surface area (Å²) in [6, 6.07) is 6.94. The summed E-state index contributed by atoms with van der Waals surface area (Å²) in [6.07, 6.45) is 11.4. The molecule has 0 aromatic heterocycles. The van der Waals surface area contributed by atoms with Gasteiger partial charge in [0, 0.05) is 32.0 Å². The molecule has 4 atom stereocenters. The van der Waals surface area contributed by atoms with Crippen LogP contribution in [0.25, 0.3) is 11.1 Å². The van der Waals surface area contributed by atoms with E-state index >= 15 is 0 Å². The van der Waals surface area contributed by atoms with Crippen molar-refractivity contribution in [1.82, 2.24) is 10.6 Å². The Balaban J connectivity index is 1.25. The van der Waals surface area contributed by atoms with Crippen LogP contribution < -0.4 is 35.6 Å². The van der Waals surface area contributed by atoms with Crippen molar-refractivity contribution in [3.8, 4) is 28.4 Å². The van der Waals surface area contributed by atoms with Crippen LogP contribution in [0.3, 0.4) is 0 Å². The van der Waals surface area contributed by atoms with Crippen molar-refractivity contribution in [2.24, 2.45) is 17.8 Å². The molecule has 5 rings (SSSR count). The number of rotatable bonds is 13. The summed E-state index contributed by atoms with van der Waals surface area (Å²) in [5, 5.41) is 9.47. The number of ether oxygens (including phenoxy) is 3. The molecule has 2 amide bonds. The van der Waals surface area contributed by atoms with Crippen LogP contribution in [-0.2, 0) is 16.0 Å². The molecule has 0 spiro atoms. The van der Waals surface area contributed by atoms with E-state index < -0.39 is 0 Å². The Morgan fingerprint density at radius 3 is 2.45 bits per heavy atom. The molecule has 0 aliphatic heterocycles. The molecule has 2 aromatic carbocycles. The van der Waals surface area contributed by atoms with Gasteiger partial charge in [-0.25, -0.2) is 0 Å². The maximum absolute atomic E-state index is 13.5. The van der Waals surface area contributed by atoms with Gasteiger partial charge in [-0.3, -0.25) is 14.4 Å². The number of unbranched alkanes of at least 4 members (excludes halogenated alkanes) is 2. The minimum atomic E-state index is -0.351. The Morgan fingerprint density at radius 1 is 0.955 bits per heavy atom. The lowest BCUT2D eigenvalue weighted by molar-refractivity contribution is -0.121. The molecule has 0 saturated heterocycles. The van der Waals surface area contributed by atoms with Gasteiger partial charge in [0.25, 0.3) is 0 Å². The average molecular weight is 604 g/mol. The number of allylic oxidation sites excluding steroid dienone is 2. The number of amides is 2. The molecule has 3 N–H and O–H groups in total. The van der Waals surface area contributed by atoms with E-state index in [0.29, 0.717) is 60.6 Å². The first-order valence-electron chi connectivity index (χ1n) is 15.8. The molecule has 0 heterocycles. The third-order valence-electron chi connectivity index (χ3n) is 9.29. The van der Waals surface area contributed by atoms with Gasteiger partial charge in [0.2, 0.25) is 23.0 Å². The fourth-order valence-electron chi connectivity index (χ4n) is 7.13. The van der Waals surface area contributed by atoms with Crippen LogP contribution >= 0.6 is 0 Å². The van der Waals surface area contributed by atoms with Crippen LogP contribution in [0, 0.1) is 17.8 Å². The third kappa shape index (κ3) is 6.87. The number of hydrogen-bond donors (Lipinski definition) is 3. The molecule has 0 radical (unpaired) electrons. The number of aryl methyl sites for hydroxylation is 1. The van der Waals surface area contributed by atoms with Crippen molar-refractivity contribution in [1.29, 1.82) is 0 Å². The van der Waals surface area contributed by atoms with Crippen molar-refractivity contribution < 1.29 is 23.8 Å². The summed E-state index contributed by atoms with van der Waals surface area (Å²) in [7, 11) is 4.74. The highest BCUT2D eigenvalue weighted by atomic mass is 16.5. The molecule has 2 bridgehead atoms. The van der Waals surface area contributed by atoms with Crippen LogP contribution in [0.5, 0.6) is 17.2 Å². The fourth-order valence-corrected chi connectivity index (χ4v) is 7.13. The van der Waals surface area contributed by atoms with Gasteiger partial charge in [-0.05, 0) is 91.2 Å². The molecule has 2 aromatic rings. The van der Waals surface area contributed by atoms with Crippen molar-refractivity contribution in [3.05, 3.63) is 57.8 Å². The number of fused-ring (bicyclic) bond motifs is 5. The van der Waals surface area contributed by atoms with Crippen LogP contribution in [0.4, 0.5) is 5.69 Å². The standard InChI is InChI=1S/C35H45N3O6/c1-21(39)38-28-13-11-24-18-31(42-2)34(43-3)35(44-4)33(24)26-12-14-29(30(40)19-27(26)28)36-15-7-5-6-8-32(41)37-20-25-17-22-9-10-23(25)16-22/h9-10,12,14,18-19,22-23,25,28H,5-8,11,13,15-17,20H2,1-4H3,(H,36,40)(H,37,41)(H,38,39)/t22?,23?,25?,28-/m0/s1. The molecule has 9 nitrogen and oxygen atoms in total. The quantitative estimate of drug-likeness (QED) is 0.214. The van der Waals surface area contributed by atoms with Crippen molar-refractivity contribution in [2.75, 3.05) is 39.7 Å². The predicted octanol–water partition coefficient (Wildman–Crippen LogP) is 5.16. The highest BCUT2D eigenvalue weighted by Crippen LogP contribution is 2.50. The first-order valence-corrected chi connectivity index (χ1v) is 15.8. The molecule has 3 unspecified atom stereocenters. The average Bonchev–Trinajstić information content (AvgIpc) is 3.57. The number of hydrogen-bond acceptors (Lipinski definition) is 7. The third-order valence-corrected chi connectivity index (χ3v) is 9.29. The van der Waals surface area contributed by atoms with Gasteiger partial charge in [-0.15, -0.1) is 0 Å². The minimum absolute atomic E-state index is 0.127. The Bertz CT molecular complexity index is 1470. The molecule has 236 valence electrons. The smallest absolute Gasteiger partial charge is 0.220 e. The van der Waals surface area contributed by atoms with Crippen LogP contribution in [0.2, 0.25) is 0 Å². The zero-order valence-electron chi connectivity index (χ0n) is 26.3. The summed E-state index contributed by atoms with van der Waals surface area (Å²) in [4.78, 5) is 38.0. The zero-order chi connectivity index (χ0) is 31.2. The Kier molecular flexibility index (Phi) is 10.1. The van der Waals surface area contributed by atoms with Gasteiger partial charge in [0.05, 0.1) is 33.1 Å². The second-order valence-electron chi connectivity index (χ2n) is 12.2. The minimum Gasteiger partial charge on any atom is -0.493 e. The highest BCUT2D eigenvalue weighted by Gasteiger charge is 2.35. The van der Waals surface area contributed by atoms with Crippen molar-refractivity contribution >= 4 is 17.5 Å². The predicted molar refractivity (Wildman–Crippen MR) is 171 cm³/mol. The topological polar surface area (TPSA) is 115 Å². The fraction of sp³-hybridized carbons (Fsp3) is 0.514. The molecule has 1 saturated carbocycles. The number of carbonyl (C=O) groups is 2. The van der Waals surface area contributed by atoms with Crippen molar-refractivity contribution in [3.63, 3.8) is 0 Å². The maximum Gasteiger partial charge on any atom is 0.220 e. The largest absolute Gasteiger partial charge is 0.493 e. The molecule has 1 fully saturated rings. The summed E-state index contributed by atoms with van der Waals surface area (Å²) in [6.45, 7) is 2.88. The van der Waals surface area contributed by atoms with E-state index in [1.807, 2.05) is 12.1 Å².